The lowest BCUT2D eigenvalue weighted by Crippen LogP contribution is -2.19. The van der Waals surface area contributed by atoms with Gasteiger partial charge in [-0.2, -0.15) is 0 Å². The van der Waals surface area contributed by atoms with E-state index in [0.717, 1.165) is 12.3 Å². The molecule has 1 amide bonds. The molecule has 17 heavy (non-hydrogen) atoms. The number of amides is 1. The SMILES string of the molecule is CC(C(N)=O)c1ccc(NS(C)(=O)=O)cc1F. The second-order valence-electron chi connectivity index (χ2n) is 3.73. The zero-order chi connectivity index (χ0) is 13.2. The Morgan fingerprint density at radius 2 is 2.06 bits per heavy atom. The van der Waals surface area contributed by atoms with Gasteiger partial charge in [0.15, 0.2) is 0 Å². The van der Waals surface area contributed by atoms with Crippen LogP contribution in [0.5, 0.6) is 0 Å². The predicted octanol–water partition coefficient (Wildman–Crippen LogP) is 0.786. The van der Waals surface area contributed by atoms with Gasteiger partial charge in [-0.05, 0) is 19.1 Å². The van der Waals surface area contributed by atoms with Crippen molar-refractivity contribution in [3.05, 3.63) is 29.6 Å². The van der Waals surface area contributed by atoms with E-state index < -0.39 is 27.7 Å². The molecule has 0 heterocycles. The van der Waals surface area contributed by atoms with E-state index in [2.05, 4.69) is 4.72 Å². The number of carbonyl (C=O) groups excluding carboxylic acids is 1. The molecule has 0 bridgehead atoms. The first-order valence-corrected chi connectivity index (χ1v) is 6.66. The van der Waals surface area contributed by atoms with Crippen molar-refractivity contribution < 1.29 is 17.6 Å². The van der Waals surface area contributed by atoms with Crippen molar-refractivity contribution in [2.45, 2.75) is 12.8 Å². The van der Waals surface area contributed by atoms with Gasteiger partial charge in [-0.1, -0.05) is 6.07 Å². The summed E-state index contributed by atoms with van der Waals surface area (Å²) in [5, 5.41) is 0. The van der Waals surface area contributed by atoms with Crippen molar-refractivity contribution in [2.75, 3.05) is 11.0 Å². The molecule has 0 spiro atoms. The van der Waals surface area contributed by atoms with Crippen LogP contribution in [0.4, 0.5) is 10.1 Å². The maximum absolute atomic E-state index is 13.6. The summed E-state index contributed by atoms with van der Waals surface area (Å²) in [4.78, 5) is 10.9. The van der Waals surface area contributed by atoms with E-state index >= 15 is 0 Å². The fraction of sp³-hybridized carbons (Fsp3) is 0.300. The molecule has 1 rings (SSSR count). The molecule has 0 saturated heterocycles. The second-order valence-corrected chi connectivity index (χ2v) is 5.48. The number of primary amides is 1. The number of halogens is 1. The lowest BCUT2D eigenvalue weighted by molar-refractivity contribution is -0.119. The molecule has 1 aromatic rings. The summed E-state index contributed by atoms with van der Waals surface area (Å²) >= 11 is 0. The maximum Gasteiger partial charge on any atom is 0.229 e. The van der Waals surface area contributed by atoms with Crippen LogP contribution in [-0.4, -0.2) is 20.6 Å². The Hall–Kier alpha value is -1.63. The molecule has 0 aromatic heterocycles. The van der Waals surface area contributed by atoms with Gasteiger partial charge in [-0.3, -0.25) is 9.52 Å². The van der Waals surface area contributed by atoms with Crippen molar-refractivity contribution in [1.29, 1.82) is 0 Å². The van der Waals surface area contributed by atoms with E-state index in [1.54, 1.807) is 0 Å². The van der Waals surface area contributed by atoms with Gasteiger partial charge in [0, 0.05) is 5.56 Å². The maximum atomic E-state index is 13.6. The van der Waals surface area contributed by atoms with Crippen LogP contribution in [0.2, 0.25) is 0 Å². The van der Waals surface area contributed by atoms with Gasteiger partial charge in [-0.25, -0.2) is 12.8 Å². The van der Waals surface area contributed by atoms with Gasteiger partial charge in [0.1, 0.15) is 5.82 Å². The van der Waals surface area contributed by atoms with Crippen molar-refractivity contribution in [2.24, 2.45) is 5.73 Å². The number of anilines is 1. The Balaban J connectivity index is 3.06. The molecule has 0 radical (unpaired) electrons. The van der Waals surface area contributed by atoms with Crippen LogP contribution in [0.25, 0.3) is 0 Å². The largest absolute Gasteiger partial charge is 0.369 e. The molecule has 1 unspecified atom stereocenters. The smallest absolute Gasteiger partial charge is 0.229 e. The molecule has 1 aromatic carbocycles. The third kappa shape index (κ3) is 3.70. The number of hydrogen-bond donors (Lipinski definition) is 2. The topological polar surface area (TPSA) is 89.3 Å². The van der Waals surface area contributed by atoms with Crippen molar-refractivity contribution in [3.8, 4) is 0 Å². The average Bonchev–Trinajstić information content (AvgIpc) is 2.14. The number of nitrogens with two attached hydrogens (primary N) is 1. The first-order chi connectivity index (χ1) is 7.70. The summed E-state index contributed by atoms with van der Waals surface area (Å²) in [6, 6.07) is 3.72. The molecule has 0 aliphatic rings. The Kier molecular flexibility index (Phi) is 3.72. The van der Waals surface area contributed by atoms with Crippen LogP contribution in [-0.2, 0) is 14.8 Å². The number of benzene rings is 1. The zero-order valence-electron chi connectivity index (χ0n) is 9.40. The van der Waals surface area contributed by atoms with Gasteiger partial charge in [0.25, 0.3) is 0 Å². The predicted molar refractivity (Wildman–Crippen MR) is 62.5 cm³/mol. The van der Waals surface area contributed by atoms with E-state index in [9.17, 15) is 17.6 Å². The number of sulfonamides is 1. The van der Waals surface area contributed by atoms with Crippen LogP contribution in [0.3, 0.4) is 0 Å². The van der Waals surface area contributed by atoms with Gasteiger partial charge >= 0.3 is 0 Å². The van der Waals surface area contributed by atoms with Crippen LogP contribution in [0.15, 0.2) is 18.2 Å². The molecule has 0 aliphatic carbocycles. The normalized spacial score (nSPS) is 13.1. The lowest BCUT2D eigenvalue weighted by atomic mass is 10.00. The lowest BCUT2D eigenvalue weighted by Gasteiger charge is -2.10. The van der Waals surface area contributed by atoms with Gasteiger partial charge in [0.2, 0.25) is 15.9 Å². The van der Waals surface area contributed by atoms with Gasteiger partial charge in [0.05, 0.1) is 17.9 Å². The Bertz CT molecular complexity index is 542. The molecule has 5 nitrogen and oxygen atoms in total. The molecule has 3 N–H and O–H groups in total. The van der Waals surface area contributed by atoms with Crippen molar-refractivity contribution >= 4 is 21.6 Å². The number of nitrogens with one attached hydrogen (secondary N) is 1. The monoisotopic (exact) mass is 260 g/mol. The summed E-state index contributed by atoms with van der Waals surface area (Å²) in [6.45, 7) is 1.48. The summed E-state index contributed by atoms with van der Waals surface area (Å²) in [5.74, 6) is -2.08. The minimum Gasteiger partial charge on any atom is -0.369 e. The minimum atomic E-state index is -3.45. The highest BCUT2D eigenvalue weighted by molar-refractivity contribution is 7.92. The molecular formula is C10H13FN2O3S. The standard InChI is InChI=1S/C10H13FN2O3S/c1-6(10(12)14)8-4-3-7(5-9(8)11)13-17(2,15)16/h3-6,13H,1-2H3,(H2,12,14). The summed E-state index contributed by atoms with van der Waals surface area (Å²) in [6.07, 6.45) is 0.963. The third-order valence-electron chi connectivity index (χ3n) is 2.20. The summed E-state index contributed by atoms with van der Waals surface area (Å²) < 4.78 is 37.6. The molecule has 0 aliphatic heterocycles. The summed E-state index contributed by atoms with van der Waals surface area (Å²) in [5.41, 5.74) is 5.30. The quantitative estimate of drug-likeness (QED) is 0.838. The van der Waals surface area contributed by atoms with Crippen LogP contribution in [0.1, 0.15) is 18.4 Å². The van der Waals surface area contributed by atoms with Crippen LogP contribution < -0.4 is 10.5 Å². The highest BCUT2D eigenvalue weighted by Crippen LogP contribution is 2.22. The van der Waals surface area contributed by atoms with Gasteiger partial charge < -0.3 is 5.73 Å². The van der Waals surface area contributed by atoms with E-state index in [1.807, 2.05) is 0 Å². The average molecular weight is 260 g/mol. The molecule has 0 saturated carbocycles. The fourth-order valence-electron chi connectivity index (χ4n) is 1.31. The Morgan fingerprint density at radius 3 is 2.47 bits per heavy atom. The van der Waals surface area contributed by atoms with E-state index in [0.29, 0.717) is 0 Å². The van der Waals surface area contributed by atoms with Gasteiger partial charge in [-0.15, -0.1) is 0 Å². The third-order valence-corrected chi connectivity index (χ3v) is 2.80. The highest BCUT2D eigenvalue weighted by atomic mass is 32.2. The summed E-state index contributed by atoms with van der Waals surface area (Å²) in [7, 11) is -3.45. The molecule has 1 atom stereocenters. The van der Waals surface area contributed by atoms with Crippen LogP contribution >= 0.6 is 0 Å². The molecule has 7 heteroatoms. The van der Waals surface area contributed by atoms with Crippen molar-refractivity contribution in [3.63, 3.8) is 0 Å². The number of rotatable bonds is 4. The Labute approximate surface area is 98.9 Å². The molecule has 0 fully saturated rings. The first kappa shape index (κ1) is 13.4. The fourth-order valence-corrected chi connectivity index (χ4v) is 1.86. The zero-order valence-corrected chi connectivity index (χ0v) is 10.2. The highest BCUT2D eigenvalue weighted by Gasteiger charge is 2.16. The molecular weight excluding hydrogens is 247 g/mol. The number of hydrogen-bond acceptors (Lipinski definition) is 3. The Morgan fingerprint density at radius 1 is 1.47 bits per heavy atom. The van der Waals surface area contributed by atoms with E-state index in [1.165, 1.54) is 19.1 Å². The second kappa shape index (κ2) is 4.70. The minimum absolute atomic E-state index is 0.102. The first-order valence-electron chi connectivity index (χ1n) is 4.77. The van der Waals surface area contributed by atoms with Crippen molar-refractivity contribution in [1.82, 2.24) is 0 Å². The number of carbonyl (C=O) groups is 1. The van der Waals surface area contributed by atoms with Crippen LogP contribution in [0, 0.1) is 5.82 Å². The van der Waals surface area contributed by atoms with E-state index in [-0.39, 0.29) is 11.3 Å². The molecule has 94 valence electrons. The van der Waals surface area contributed by atoms with E-state index in [4.69, 9.17) is 5.73 Å².